The number of halogens is 5. The molecule has 0 saturated heterocycles. The van der Waals surface area contributed by atoms with Crippen molar-refractivity contribution in [3.05, 3.63) is 71.5 Å². The summed E-state index contributed by atoms with van der Waals surface area (Å²) in [7, 11) is 1.66. The second-order valence-corrected chi connectivity index (χ2v) is 7.69. The van der Waals surface area contributed by atoms with Crippen LogP contribution in [0.3, 0.4) is 0 Å². The molecule has 0 unspecified atom stereocenters. The lowest BCUT2D eigenvalue weighted by Gasteiger charge is -2.26. The molecule has 0 atom stereocenters. The van der Waals surface area contributed by atoms with Crippen LogP contribution >= 0.6 is 0 Å². The first-order valence-corrected chi connectivity index (χ1v) is 10.8. The minimum absolute atomic E-state index is 0.122. The minimum Gasteiger partial charge on any atom is -0.406 e. The number of amides is 1. The van der Waals surface area contributed by atoms with Gasteiger partial charge in [-0.2, -0.15) is 0 Å². The Morgan fingerprint density at radius 3 is 2.26 bits per heavy atom. The smallest absolute Gasteiger partial charge is 0.406 e. The Bertz CT molecular complexity index is 1020. The van der Waals surface area contributed by atoms with E-state index in [2.05, 4.69) is 16.6 Å². The molecule has 0 aliphatic heterocycles. The molecule has 2 aromatic carbocycles. The Morgan fingerprint density at radius 1 is 1.23 bits per heavy atom. The number of carbonyl (C=O) groups is 1. The van der Waals surface area contributed by atoms with Gasteiger partial charge in [-0.3, -0.25) is 4.79 Å². The zero-order valence-corrected chi connectivity index (χ0v) is 20.5. The molecule has 0 aliphatic carbocycles. The maximum absolute atomic E-state index is 14.1. The fourth-order valence-electron chi connectivity index (χ4n) is 3.46. The number of alkyl halides is 5. The number of ether oxygens (including phenoxy) is 1. The molecular formula is C26H31F5N2O2. The number of anilines is 1. The molecule has 0 saturated carbocycles. The van der Waals surface area contributed by atoms with E-state index in [1.165, 1.54) is 18.2 Å². The number of nitrogens with one attached hydrogen (secondary N) is 1. The summed E-state index contributed by atoms with van der Waals surface area (Å²) < 4.78 is 69.5. The molecule has 0 heterocycles. The van der Waals surface area contributed by atoms with Crippen molar-refractivity contribution in [2.24, 2.45) is 0 Å². The van der Waals surface area contributed by atoms with Crippen molar-refractivity contribution < 1.29 is 31.5 Å². The van der Waals surface area contributed by atoms with Gasteiger partial charge in [0.2, 0.25) is 6.41 Å². The van der Waals surface area contributed by atoms with Crippen LogP contribution in [-0.2, 0) is 11.3 Å². The van der Waals surface area contributed by atoms with E-state index in [1.807, 2.05) is 20.8 Å². The predicted molar refractivity (Wildman–Crippen MR) is 129 cm³/mol. The molecule has 35 heavy (non-hydrogen) atoms. The number of hydrogen-bond acceptors (Lipinski definition) is 3. The van der Waals surface area contributed by atoms with Gasteiger partial charge in [0.25, 0.3) is 6.43 Å². The second-order valence-electron chi connectivity index (χ2n) is 7.69. The first-order chi connectivity index (χ1) is 16.4. The van der Waals surface area contributed by atoms with Gasteiger partial charge in [0.05, 0.1) is 5.69 Å². The number of allylic oxidation sites excluding steroid dienone is 2. The zero-order valence-electron chi connectivity index (χ0n) is 20.5. The fraction of sp³-hybridized carbons (Fsp3) is 0.346. The Balaban J connectivity index is 0.00000194. The van der Waals surface area contributed by atoms with Crippen LogP contribution in [-0.4, -0.2) is 19.8 Å². The summed E-state index contributed by atoms with van der Waals surface area (Å²) in [6.45, 7) is 10.6. The molecule has 1 amide bonds. The quantitative estimate of drug-likeness (QED) is 0.219. The van der Waals surface area contributed by atoms with Crippen molar-refractivity contribution in [3.63, 3.8) is 0 Å². The van der Waals surface area contributed by atoms with Crippen molar-refractivity contribution in [2.75, 3.05) is 11.9 Å². The van der Waals surface area contributed by atoms with E-state index in [4.69, 9.17) is 0 Å². The highest BCUT2D eigenvalue weighted by Gasteiger charge is 2.31. The largest absolute Gasteiger partial charge is 0.573 e. The number of benzene rings is 2. The minimum atomic E-state index is -4.82. The van der Waals surface area contributed by atoms with Gasteiger partial charge in [-0.05, 0) is 67.6 Å². The highest BCUT2D eigenvalue weighted by molar-refractivity contribution is 5.79. The molecule has 0 spiro atoms. The van der Waals surface area contributed by atoms with Crippen LogP contribution in [0.15, 0.2) is 54.8 Å². The Kier molecular flexibility index (Phi) is 11.5. The van der Waals surface area contributed by atoms with Crippen LogP contribution in [0, 0.1) is 6.92 Å². The van der Waals surface area contributed by atoms with Gasteiger partial charge in [0.15, 0.2) is 0 Å². The van der Waals surface area contributed by atoms with Gasteiger partial charge in [-0.1, -0.05) is 30.7 Å². The van der Waals surface area contributed by atoms with E-state index in [0.29, 0.717) is 23.1 Å². The van der Waals surface area contributed by atoms with E-state index >= 15 is 0 Å². The Labute approximate surface area is 203 Å². The molecule has 0 radical (unpaired) electrons. The van der Waals surface area contributed by atoms with E-state index in [9.17, 15) is 26.7 Å². The molecule has 0 aliphatic rings. The molecule has 2 rings (SSSR count). The maximum Gasteiger partial charge on any atom is 0.573 e. The standard InChI is InChI=1S/C23H25F5N2O2.C3H6/c1-5-14(2)12-30(4)21-15(3)19(10-17(11-29-13-31)20(21)22(24)25)16-6-8-18(9-7-16)32-23(26,27)28;1-3-2/h6-10,12-13,22H,5,11H2,1-4H3,(H,29,31);3H,1H2,2H3/b14-12+;. The summed E-state index contributed by atoms with van der Waals surface area (Å²) in [6, 6.07) is 6.72. The van der Waals surface area contributed by atoms with Crippen LogP contribution in [0.5, 0.6) is 5.75 Å². The molecule has 0 bridgehead atoms. The average molecular weight is 499 g/mol. The average Bonchev–Trinajstić information content (AvgIpc) is 2.77. The third-order valence-corrected chi connectivity index (χ3v) is 5.00. The van der Waals surface area contributed by atoms with E-state index < -0.39 is 12.8 Å². The maximum atomic E-state index is 14.1. The van der Waals surface area contributed by atoms with Gasteiger partial charge in [0, 0.05) is 25.4 Å². The number of rotatable bonds is 9. The summed E-state index contributed by atoms with van der Waals surface area (Å²) in [5, 5.41) is 2.42. The molecule has 0 aromatic heterocycles. The SMILES string of the molecule is C=CC.CC/C(C)=C/N(C)c1c(C)c(-c2ccc(OC(F)(F)F)cc2)cc(CNC=O)c1C(F)F. The fourth-order valence-corrected chi connectivity index (χ4v) is 3.46. The van der Waals surface area contributed by atoms with Gasteiger partial charge in [0.1, 0.15) is 5.75 Å². The Morgan fingerprint density at radius 2 is 1.80 bits per heavy atom. The summed E-state index contributed by atoms with van der Waals surface area (Å²) >= 11 is 0. The van der Waals surface area contributed by atoms with Crippen molar-refractivity contribution in [2.45, 2.75) is 53.4 Å². The van der Waals surface area contributed by atoms with Crippen molar-refractivity contribution >= 4 is 12.1 Å². The summed E-state index contributed by atoms with van der Waals surface area (Å²) in [4.78, 5) is 12.4. The normalized spacial score (nSPS) is 11.5. The third-order valence-electron chi connectivity index (χ3n) is 5.00. The summed E-state index contributed by atoms with van der Waals surface area (Å²) in [5.41, 5.74) is 2.87. The van der Waals surface area contributed by atoms with Gasteiger partial charge < -0.3 is 15.0 Å². The van der Waals surface area contributed by atoms with E-state index in [0.717, 1.165) is 24.1 Å². The van der Waals surface area contributed by atoms with Crippen molar-refractivity contribution in [1.29, 1.82) is 0 Å². The lowest BCUT2D eigenvalue weighted by atomic mass is 9.91. The predicted octanol–water partition coefficient (Wildman–Crippen LogP) is 7.69. The third kappa shape index (κ3) is 8.73. The first-order valence-electron chi connectivity index (χ1n) is 10.8. The van der Waals surface area contributed by atoms with Gasteiger partial charge in [-0.15, -0.1) is 19.8 Å². The lowest BCUT2D eigenvalue weighted by Crippen LogP contribution is -2.18. The van der Waals surface area contributed by atoms with Crippen LogP contribution in [0.1, 0.15) is 50.3 Å². The number of nitrogens with zero attached hydrogens (tertiary/aromatic N) is 1. The van der Waals surface area contributed by atoms with Crippen LogP contribution in [0.25, 0.3) is 11.1 Å². The molecule has 0 fully saturated rings. The summed E-state index contributed by atoms with van der Waals surface area (Å²) in [6.07, 6.45) is -2.96. The Hall–Kier alpha value is -3.36. The zero-order chi connectivity index (χ0) is 26.8. The number of hydrogen-bond donors (Lipinski definition) is 1. The molecule has 192 valence electrons. The highest BCUT2D eigenvalue weighted by atomic mass is 19.4. The molecule has 9 heteroatoms. The molecule has 1 N–H and O–H groups in total. The molecule has 4 nitrogen and oxygen atoms in total. The van der Waals surface area contributed by atoms with Crippen LogP contribution < -0.4 is 15.0 Å². The van der Waals surface area contributed by atoms with Crippen molar-refractivity contribution in [1.82, 2.24) is 5.32 Å². The van der Waals surface area contributed by atoms with Gasteiger partial charge in [-0.25, -0.2) is 8.78 Å². The second kappa shape index (κ2) is 13.5. The first kappa shape index (κ1) is 29.7. The topological polar surface area (TPSA) is 41.6 Å². The van der Waals surface area contributed by atoms with Gasteiger partial charge >= 0.3 is 6.36 Å². The highest BCUT2D eigenvalue weighted by Crippen LogP contribution is 2.41. The number of carbonyl (C=O) groups excluding carboxylic acids is 1. The molecular weight excluding hydrogens is 467 g/mol. The lowest BCUT2D eigenvalue weighted by molar-refractivity contribution is -0.274. The monoisotopic (exact) mass is 498 g/mol. The van der Waals surface area contributed by atoms with Crippen molar-refractivity contribution in [3.8, 4) is 16.9 Å². The van der Waals surface area contributed by atoms with Crippen LogP contribution in [0.4, 0.5) is 27.6 Å². The summed E-state index contributed by atoms with van der Waals surface area (Å²) in [5.74, 6) is -0.384. The van der Waals surface area contributed by atoms with E-state index in [1.54, 1.807) is 31.1 Å². The van der Waals surface area contributed by atoms with Crippen LogP contribution in [0.2, 0.25) is 0 Å². The molecule has 2 aromatic rings. The van der Waals surface area contributed by atoms with E-state index in [-0.39, 0.29) is 29.1 Å².